The van der Waals surface area contributed by atoms with Gasteiger partial charge in [0.25, 0.3) is 5.91 Å². The van der Waals surface area contributed by atoms with Crippen LogP contribution in [0.5, 0.6) is 5.75 Å². The van der Waals surface area contributed by atoms with Gasteiger partial charge in [0.2, 0.25) is 5.91 Å². The zero-order chi connectivity index (χ0) is 21.5. The summed E-state index contributed by atoms with van der Waals surface area (Å²) in [5.41, 5.74) is 1.38. The molecule has 1 aromatic heterocycles. The quantitative estimate of drug-likeness (QED) is 0.724. The first kappa shape index (κ1) is 21.1. The molecule has 0 saturated carbocycles. The average Bonchev–Trinajstić information content (AvgIpc) is 2.84. The van der Waals surface area contributed by atoms with Crippen LogP contribution in [0, 0.1) is 5.92 Å². The molecule has 1 fully saturated rings. The molecule has 2 amide bonds. The summed E-state index contributed by atoms with van der Waals surface area (Å²) in [6.45, 7) is 1.84. The number of rotatable bonds is 6. The van der Waals surface area contributed by atoms with Crippen molar-refractivity contribution in [3.63, 3.8) is 0 Å². The van der Waals surface area contributed by atoms with Gasteiger partial charge in [-0.15, -0.1) is 0 Å². The number of hydrogen-bond donors (Lipinski definition) is 1. The molecular formula is C25H29N3O3. The zero-order valence-corrected chi connectivity index (χ0v) is 17.7. The van der Waals surface area contributed by atoms with Crippen LogP contribution < -0.4 is 10.1 Å². The summed E-state index contributed by atoms with van der Waals surface area (Å²) in [4.78, 5) is 31.4. The lowest BCUT2D eigenvalue weighted by Crippen LogP contribution is -2.44. The van der Waals surface area contributed by atoms with Crippen molar-refractivity contribution in [1.82, 2.24) is 15.2 Å². The highest BCUT2D eigenvalue weighted by Gasteiger charge is 2.28. The molecule has 0 spiro atoms. The van der Waals surface area contributed by atoms with Crippen molar-refractivity contribution in [1.29, 1.82) is 0 Å². The maximum atomic E-state index is 12.7. The highest BCUT2D eigenvalue weighted by atomic mass is 16.5. The van der Waals surface area contributed by atoms with E-state index in [4.69, 9.17) is 4.74 Å². The number of hydrogen-bond acceptors (Lipinski definition) is 4. The summed E-state index contributed by atoms with van der Waals surface area (Å²) in [7, 11) is 0. The molecule has 1 N–H and O–H groups in total. The Morgan fingerprint density at radius 2 is 1.94 bits per heavy atom. The van der Waals surface area contributed by atoms with E-state index in [0.717, 1.165) is 50.9 Å². The predicted octanol–water partition coefficient (Wildman–Crippen LogP) is 3.74. The van der Waals surface area contributed by atoms with Crippen molar-refractivity contribution in [2.45, 2.75) is 44.8 Å². The minimum absolute atomic E-state index is 0.0575. The Hall–Kier alpha value is -3.15. The Morgan fingerprint density at radius 3 is 2.68 bits per heavy atom. The van der Waals surface area contributed by atoms with Crippen molar-refractivity contribution in [2.75, 3.05) is 13.1 Å². The third kappa shape index (κ3) is 5.72. The average molecular weight is 420 g/mol. The first-order chi connectivity index (χ1) is 15.2. The number of allylic oxidation sites excluding steroid dienone is 2. The first-order valence-corrected chi connectivity index (χ1v) is 11.1. The van der Waals surface area contributed by atoms with Crippen LogP contribution in [-0.2, 0) is 11.3 Å². The zero-order valence-electron chi connectivity index (χ0n) is 17.7. The smallest absolute Gasteiger partial charge is 0.251 e. The van der Waals surface area contributed by atoms with Gasteiger partial charge in [0.15, 0.2) is 0 Å². The van der Waals surface area contributed by atoms with Gasteiger partial charge in [-0.2, -0.15) is 0 Å². The van der Waals surface area contributed by atoms with E-state index in [9.17, 15) is 9.59 Å². The number of ether oxygens (including phenoxy) is 1. The molecule has 1 aromatic carbocycles. The molecule has 0 bridgehead atoms. The lowest BCUT2D eigenvalue weighted by Gasteiger charge is -2.34. The van der Waals surface area contributed by atoms with E-state index in [-0.39, 0.29) is 23.8 Å². The number of amides is 2. The molecule has 1 unspecified atom stereocenters. The van der Waals surface area contributed by atoms with Crippen molar-refractivity contribution in [2.24, 2.45) is 5.92 Å². The van der Waals surface area contributed by atoms with E-state index in [0.29, 0.717) is 17.9 Å². The van der Waals surface area contributed by atoms with Crippen LogP contribution >= 0.6 is 0 Å². The summed E-state index contributed by atoms with van der Waals surface area (Å²) < 4.78 is 6.14. The lowest BCUT2D eigenvalue weighted by atomic mass is 9.92. The summed E-state index contributed by atoms with van der Waals surface area (Å²) in [6.07, 6.45) is 10.5. The first-order valence-electron chi connectivity index (χ1n) is 11.1. The van der Waals surface area contributed by atoms with Gasteiger partial charge < -0.3 is 15.0 Å². The van der Waals surface area contributed by atoms with E-state index in [1.165, 1.54) is 0 Å². The van der Waals surface area contributed by atoms with Gasteiger partial charge in [-0.25, -0.2) is 0 Å². The van der Waals surface area contributed by atoms with Crippen LogP contribution in [0.15, 0.2) is 60.8 Å². The molecule has 1 atom stereocenters. The molecule has 1 aliphatic carbocycles. The van der Waals surface area contributed by atoms with Crippen LogP contribution in [0.2, 0.25) is 0 Å². The fourth-order valence-corrected chi connectivity index (χ4v) is 4.15. The van der Waals surface area contributed by atoms with Gasteiger partial charge in [0, 0.05) is 43.6 Å². The Balaban J connectivity index is 1.27. The maximum absolute atomic E-state index is 12.7. The molecule has 31 heavy (non-hydrogen) atoms. The van der Waals surface area contributed by atoms with Crippen molar-refractivity contribution in [3.8, 4) is 5.75 Å². The van der Waals surface area contributed by atoms with Crippen molar-refractivity contribution < 1.29 is 14.3 Å². The second-order valence-corrected chi connectivity index (χ2v) is 8.16. The lowest BCUT2D eigenvalue weighted by molar-refractivity contribution is -0.137. The molecule has 1 saturated heterocycles. The Bertz CT molecular complexity index is 921. The third-order valence-corrected chi connectivity index (χ3v) is 5.93. The van der Waals surface area contributed by atoms with Crippen molar-refractivity contribution >= 4 is 11.8 Å². The van der Waals surface area contributed by atoms with Gasteiger partial charge in [-0.3, -0.25) is 14.6 Å². The summed E-state index contributed by atoms with van der Waals surface area (Å²) >= 11 is 0. The third-order valence-electron chi connectivity index (χ3n) is 5.93. The maximum Gasteiger partial charge on any atom is 0.251 e. The van der Waals surface area contributed by atoms with Crippen LogP contribution in [0.1, 0.15) is 48.2 Å². The molecule has 6 heteroatoms. The van der Waals surface area contributed by atoms with Crippen LogP contribution in [-0.4, -0.2) is 40.9 Å². The largest absolute Gasteiger partial charge is 0.490 e. The van der Waals surface area contributed by atoms with Gasteiger partial charge in [-0.1, -0.05) is 24.3 Å². The fraction of sp³-hybridized carbons (Fsp3) is 0.400. The number of carbonyl (C=O) groups excluding carboxylic acids is 2. The second-order valence-electron chi connectivity index (χ2n) is 8.16. The molecule has 6 nitrogen and oxygen atoms in total. The Kier molecular flexibility index (Phi) is 6.97. The topological polar surface area (TPSA) is 71.5 Å². The summed E-state index contributed by atoms with van der Waals surface area (Å²) in [6, 6.07) is 12.9. The Labute approximate surface area is 183 Å². The predicted molar refractivity (Wildman–Crippen MR) is 119 cm³/mol. The van der Waals surface area contributed by atoms with E-state index in [1.54, 1.807) is 18.3 Å². The van der Waals surface area contributed by atoms with Gasteiger partial charge in [0.05, 0.1) is 12.2 Å². The van der Waals surface area contributed by atoms with Crippen LogP contribution in [0.3, 0.4) is 0 Å². The van der Waals surface area contributed by atoms with Crippen LogP contribution in [0.4, 0.5) is 0 Å². The number of aromatic nitrogens is 1. The van der Waals surface area contributed by atoms with E-state index in [1.807, 2.05) is 35.2 Å². The number of likely N-dealkylation sites (tertiary alicyclic amines) is 1. The molecule has 0 radical (unpaired) electrons. The molecular weight excluding hydrogens is 390 g/mol. The number of piperidine rings is 1. The molecule has 4 rings (SSSR count). The normalized spacial score (nSPS) is 19.1. The minimum Gasteiger partial charge on any atom is -0.490 e. The van der Waals surface area contributed by atoms with Gasteiger partial charge in [-0.05, 0) is 49.6 Å². The number of carbonyl (C=O) groups is 2. The number of pyridine rings is 1. The fourth-order valence-electron chi connectivity index (χ4n) is 4.15. The summed E-state index contributed by atoms with van der Waals surface area (Å²) in [5, 5.41) is 2.89. The second kappa shape index (κ2) is 10.2. The molecule has 162 valence electrons. The van der Waals surface area contributed by atoms with E-state index < -0.39 is 0 Å². The SMILES string of the molecule is O=C(NCc1ccccn1)c1cccc(OC2CCN(C(=O)C3CC=CCC3)CC2)c1. The van der Waals surface area contributed by atoms with Crippen LogP contribution in [0.25, 0.3) is 0 Å². The number of nitrogens with one attached hydrogen (secondary N) is 1. The molecule has 2 aliphatic rings. The molecule has 1 aliphatic heterocycles. The highest BCUT2D eigenvalue weighted by Crippen LogP contribution is 2.25. The standard InChI is InChI=1S/C25H29N3O3/c29-24(27-18-21-10-4-5-14-26-21)20-9-6-11-23(17-20)31-22-12-15-28(16-13-22)25(30)19-7-2-1-3-8-19/h1-2,4-6,9-11,14,17,19,22H,3,7-8,12-13,15-16,18H2,(H,27,29). The number of nitrogens with zero attached hydrogens (tertiary/aromatic N) is 2. The number of benzene rings is 1. The van der Waals surface area contributed by atoms with Gasteiger partial charge in [0.1, 0.15) is 11.9 Å². The molecule has 2 heterocycles. The summed E-state index contributed by atoms with van der Waals surface area (Å²) in [5.74, 6) is 0.962. The Morgan fingerprint density at radius 1 is 1.06 bits per heavy atom. The molecule has 2 aromatic rings. The highest BCUT2D eigenvalue weighted by molar-refractivity contribution is 5.94. The monoisotopic (exact) mass is 419 g/mol. The van der Waals surface area contributed by atoms with Crippen molar-refractivity contribution in [3.05, 3.63) is 72.1 Å². The van der Waals surface area contributed by atoms with E-state index >= 15 is 0 Å². The van der Waals surface area contributed by atoms with Gasteiger partial charge >= 0.3 is 0 Å². The minimum atomic E-state index is -0.155. The van der Waals surface area contributed by atoms with E-state index in [2.05, 4.69) is 22.5 Å².